The van der Waals surface area contributed by atoms with Crippen LogP contribution in [-0.4, -0.2) is 25.0 Å². The van der Waals surface area contributed by atoms with E-state index in [0.29, 0.717) is 13.2 Å². The van der Waals surface area contributed by atoms with Gasteiger partial charge in [-0.25, -0.2) is 0 Å². The SMILES string of the molecule is CC(=O)NC1C(=O)N(CCOc2cccc(C)c2)c2c(C)cc(C)cc21. The van der Waals surface area contributed by atoms with Crippen molar-refractivity contribution in [2.75, 3.05) is 18.1 Å². The van der Waals surface area contributed by atoms with E-state index in [2.05, 4.69) is 11.4 Å². The maximum absolute atomic E-state index is 12.9. The Morgan fingerprint density at radius 1 is 1.15 bits per heavy atom. The van der Waals surface area contributed by atoms with Gasteiger partial charge in [0.05, 0.1) is 12.2 Å². The summed E-state index contributed by atoms with van der Waals surface area (Å²) in [5, 5.41) is 2.78. The van der Waals surface area contributed by atoms with Crippen LogP contribution >= 0.6 is 0 Å². The van der Waals surface area contributed by atoms with E-state index in [1.165, 1.54) is 6.92 Å². The fourth-order valence-electron chi connectivity index (χ4n) is 3.51. The van der Waals surface area contributed by atoms with Crippen LogP contribution in [0, 0.1) is 20.8 Å². The van der Waals surface area contributed by atoms with E-state index in [1.807, 2.05) is 51.1 Å². The van der Waals surface area contributed by atoms with Crippen LogP contribution in [0.25, 0.3) is 0 Å². The van der Waals surface area contributed by atoms with E-state index in [9.17, 15) is 9.59 Å². The lowest BCUT2D eigenvalue weighted by Crippen LogP contribution is -2.38. The van der Waals surface area contributed by atoms with Crippen molar-refractivity contribution < 1.29 is 14.3 Å². The number of carbonyl (C=O) groups excluding carboxylic acids is 2. The second-order valence-electron chi connectivity index (χ2n) is 6.81. The van der Waals surface area contributed by atoms with E-state index in [4.69, 9.17) is 4.74 Å². The Bertz CT molecular complexity index is 860. The molecule has 5 heteroatoms. The number of fused-ring (bicyclic) bond motifs is 1. The number of carbonyl (C=O) groups is 2. The second-order valence-corrected chi connectivity index (χ2v) is 6.81. The van der Waals surface area contributed by atoms with E-state index >= 15 is 0 Å². The number of anilines is 1. The number of aryl methyl sites for hydroxylation is 3. The lowest BCUT2D eigenvalue weighted by atomic mass is 10.0. The Labute approximate surface area is 154 Å². The Hall–Kier alpha value is -2.82. The van der Waals surface area contributed by atoms with Crippen molar-refractivity contribution in [1.82, 2.24) is 5.32 Å². The summed E-state index contributed by atoms with van der Waals surface area (Å²) in [4.78, 5) is 26.2. The Morgan fingerprint density at radius 2 is 1.92 bits per heavy atom. The number of nitrogens with zero attached hydrogens (tertiary/aromatic N) is 1. The zero-order valence-corrected chi connectivity index (χ0v) is 15.6. The first kappa shape index (κ1) is 18.0. The molecule has 1 aliphatic heterocycles. The van der Waals surface area contributed by atoms with Gasteiger partial charge in [-0.2, -0.15) is 0 Å². The minimum absolute atomic E-state index is 0.114. The largest absolute Gasteiger partial charge is 0.492 e. The third-order valence-electron chi connectivity index (χ3n) is 4.49. The van der Waals surface area contributed by atoms with Gasteiger partial charge < -0.3 is 15.0 Å². The molecule has 0 saturated heterocycles. The molecule has 136 valence electrons. The maximum atomic E-state index is 12.9. The lowest BCUT2D eigenvalue weighted by Gasteiger charge is -2.20. The van der Waals surface area contributed by atoms with Crippen LogP contribution in [0.4, 0.5) is 5.69 Å². The zero-order chi connectivity index (χ0) is 18.8. The summed E-state index contributed by atoms with van der Waals surface area (Å²) in [6, 6.07) is 11.2. The first-order valence-corrected chi connectivity index (χ1v) is 8.76. The molecular formula is C21H24N2O3. The molecule has 1 aliphatic rings. The van der Waals surface area contributed by atoms with Gasteiger partial charge in [-0.15, -0.1) is 0 Å². The monoisotopic (exact) mass is 352 g/mol. The van der Waals surface area contributed by atoms with Crippen LogP contribution in [0.2, 0.25) is 0 Å². The number of ether oxygens (including phenoxy) is 1. The van der Waals surface area contributed by atoms with E-state index in [0.717, 1.165) is 33.7 Å². The average Bonchev–Trinajstić information content (AvgIpc) is 2.80. The molecule has 26 heavy (non-hydrogen) atoms. The molecule has 1 unspecified atom stereocenters. The summed E-state index contributed by atoms with van der Waals surface area (Å²) in [5.74, 6) is 0.457. The van der Waals surface area contributed by atoms with Crippen molar-refractivity contribution in [1.29, 1.82) is 0 Å². The molecule has 0 fully saturated rings. The van der Waals surface area contributed by atoms with Gasteiger partial charge >= 0.3 is 0 Å². The fraction of sp³-hybridized carbons (Fsp3) is 0.333. The molecule has 0 spiro atoms. The molecule has 2 aromatic rings. The van der Waals surface area contributed by atoms with Crippen molar-refractivity contribution in [3.8, 4) is 5.75 Å². The number of rotatable bonds is 5. The molecule has 0 aliphatic carbocycles. The highest BCUT2D eigenvalue weighted by molar-refractivity contribution is 6.07. The third kappa shape index (κ3) is 3.57. The van der Waals surface area contributed by atoms with Crippen LogP contribution in [-0.2, 0) is 9.59 Å². The van der Waals surface area contributed by atoms with Gasteiger partial charge in [0.1, 0.15) is 18.4 Å². The standard InChI is InChI=1S/C21H24N2O3/c1-13-6-5-7-17(11-13)26-9-8-23-20-15(3)10-14(2)12-18(20)19(21(23)25)22-16(4)24/h5-7,10-12,19H,8-9H2,1-4H3,(H,22,24). The normalized spacial score (nSPS) is 15.8. The summed E-state index contributed by atoms with van der Waals surface area (Å²) in [6.07, 6.45) is 0. The molecule has 1 N–H and O–H groups in total. The highest BCUT2D eigenvalue weighted by atomic mass is 16.5. The smallest absolute Gasteiger partial charge is 0.254 e. The Kier molecular flexibility index (Phi) is 4.98. The summed E-state index contributed by atoms with van der Waals surface area (Å²) < 4.78 is 5.81. The predicted molar refractivity (Wildman–Crippen MR) is 102 cm³/mol. The van der Waals surface area contributed by atoms with Crippen molar-refractivity contribution in [2.24, 2.45) is 0 Å². The second kappa shape index (κ2) is 7.20. The third-order valence-corrected chi connectivity index (χ3v) is 4.49. The molecule has 0 aromatic heterocycles. The number of benzene rings is 2. The molecule has 3 rings (SSSR count). The van der Waals surface area contributed by atoms with Crippen LogP contribution in [0.5, 0.6) is 5.75 Å². The zero-order valence-electron chi connectivity index (χ0n) is 15.6. The molecule has 2 aromatic carbocycles. The molecule has 0 saturated carbocycles. The van der Waals surface area contributed by atoms with Crippen LogP contribution < -0.4 is 15.0 Å². The highest BCUT2D eigenvalue weighted by Crippen LogP contribution is 2.39. The van der Waals surface area contributed by atoms with Gasteiger partial charge in [-0.3, -0.25) is 9.59 Å². The van der Waals surface area contributed by atoms with Crippen molar-refractivity contribution in [3.63, 3.8) is 0 Å². The topological polar surface area (TPSA) is 58.6 Å². The number of hydrogen-bond donors (Lipinski definition) is 1. The predicted octanol–water partition coefficient (Wildman–Crippen LogP) is 3.21. The van der Waals surface area contributed by atoms with Crippen molar-refractivity contribution >= 4 is 17.5 Å². The molecule has 0 bridgehead atoms. The first-order chi connectivity index (χ1) is 12.4. The number of nitrogens with one attached hydrogen (secondary N) is 1. The van der Waals surface area contributed by atoms with Gasteiger partial charge in [0.25, 0.3) is 5.91 Å². The summed E-state index contributed by atoms with van der Waals surface area (Å²) in [5.41, 5.74) is 4.96. The van der Waals surface area contributed by atoms with Crippen molar-refractivity contribution in [2.45, 2.75) is 33.7 Å². The molecular weight excluding hydrogens is 328 g/mol. The van der Waals surface area contributed by atoms with Gasteiger partial charge in [-0.05, 0) is 44.0 Å². The quantitative estimate of drug-likeness (QED) is 0.899. The van der Waals surface area contributed by atoms with Gasteiger partial charge in [0.15, 0.2) is 0 Å². The summed E-state index contributed by atoms with van der Waals surface area (Å²) >= 11 is 0. The molecule has 1 atom stereocenters. The minimum atomic E-state index is -0.625. The van der Waals surface area contributed by atoms with Gasteiger partial charge in [-0.1, -0.05) is 29.8 Å². The highest BCUT2D eigenvalue weighted by Gasteiger charge is 2.38. The van der Waals surface area contributed by atoms with Crippen LogP contribution in [0.3, 0.4) is 0 Å². The van der Waals surface area contributed by atoms with E-state index in [-0.39, 0.29) is 11.8 Å². The van der Waals surface area contributed by atoms with E-state index < -0.39 is 6.04 Å². The average molecular weight is 352 g/mol. The number of hydrogen-bond acceptors (Lipinski definition) is 3. The van der Waals surface area contributed by atoms with Gasteiger partial charge in [0.2, 0.25) is 5.91 Å². The van der Waals surface area contributed by atoms with E-state index in [1.54, 1.807) is 4.90 Å². The molecule has 1 heterocycles. The van der Waals surface area contributed by atoms with Crippen LogP contribution in [0.1, 0.15) is 35.2 Å². The van der Waals surface area contributed by atoms with Crippen LogP contribution in [0.15, 0.2) is 36.4 Å². The molecule has 0 radical (unpaired) electrons. The maximum Gasteiger partial charge on any atom is 0.254 e. The molecule has 2 amide bonds. The summed E-state index contributed by atoms with van der Waals surface area (Å²) in [6.45, 7) is 8.24. The lowest BCUT2D eigenvalue weighted by molar-refractivity contribution is -0.126. The Morgan fingerprint density at radius 3 is 2.62 bits per heavy atom. The molecule has 5 nitrogen and oxygen atoms in total. The summed E-state index contributed by atoms with van der Waals surface area (Å²) in [7, 11) is 0. The number of amides is 2. The van der Waals surface area contributed by atoms with Gasteiger partial charge in [0, 0.05) is 12.5 Å². The minimum Gasteiger partial charge on any atom is -0.492 e. The first-order valence-electron chi connectivity index (χ1n) is 8.76. The Balaban J connectivity index is 1.81. The van der Waals surface area contributed by atoms with Crippen molar-refractivity contribution in [3.05, 3.63) is 58.7 Å². The fourth-order valence-corrected chi connectivity index (χ4v) is 3.51.